The van der Waals surface area contributed by atoms with Crippen molar-refractivity contribution in [3.05, 3.63) is 10.4 Å². The van der Waals surface area contributed by atoms with Crippen molar-refractivity contribution >= 4 is 10.0 Å². The fourth-order valence-corrected chi connectivity index (χ4v) is 3.33. The van der Waals surface area contributed by atoms with E-state index in [1.807, 2.05) is 0 Å². The highest BCUT2D eigenvalue weighted by molar-refractivity contribution is 7.90. The van der Waals surface area contributed by atoms with Gasteiger partial charge in [0.25, 0.3) is 0 Å². The standard InChI is InChI=1S/C9H15N3O3S/c10-11-12-16(13,14)6-8-9(15-8)7-4-2-1-3-5-7/h7-9H,1-6H2. The summed E-state index contributed by atoms with van der Waals surface area (Å²) in [5.74, 6) is 0.332. The molecule has 1 saturated carbocycles. The molecule has 2 rings (SSSR count). The van der Waals surface area contributed by atoms with Crippen LogP contribution in [0.1, 0.15) is 32.1 Å². The van der Waals surface area contributed by atoms with Crippen LogP contribution >= 0.6 is 0 Å². The highest BCUT2D eigenvalue weighted by Gasteiger charge is 2.46. The van der Waals surface area contributed by atoms with Gasteiger partial charge in [0.05, 0.1) is 18.0 Å². The molecule has 0 aromatic heterocycles. The molecule has 2 unspecified atom stereocenters. The van der Waals surface area contributed by atoms with Crippen LogP contribution in [0.5, 0.6) is 0 Å². The van der Waals surface area contributed by atoms with E-state index < -0.39 is 10.0 Å². The summed E-state index contributed by atoms with van der Waals surface area (Å²) in [4.78, 5) is 2.31. The maximum absolute atomic E-state index is 11.2. The zero-order valence-corrected chi connectivity index (χ0v) is 9.77. The fraction of sp³-hybridized carbons (Fsp3) is 1.00. The first-order chi connectivity index (χ1) is 7.62. The second-order valence-electron chi connectivity index (χ2n) is 4.46. The predicted molar refractivity (Wildman–Crippen MR) is 58.2 cm³/mol. The van der Waals surface area contributed by atoms with E-state index in [4.69, 9.17) is 10.3 Å². The molecule has 7 heteroatoms. The second-order valence-corrected chi connectivity index (χ2v) is 6.12. The predicted octanol–water partition coefficient (Wildman–Crippen LogP) is 1.97. The SMILES string of the molecule is [N-]=[N+]=NS(=O)(=O)CC1OC1C1CCCCC1. The van der Waals surface area contributed by atoms with Crippen molar-refractivity contribution in [1.82, 2.24) is 0 Å². The van der Waals surface area contributed by atoms with E-state index in [-0.39, 0.29) is 18.0 Å². The molecule has 16 heavy (non-hydrogen) atoms. The lowest BCUT2D eigenvalue weighted by Gasteiger charge is -2.19. The van der Waals surface area contributed by atoms with Crippen LogP contribution in [-0.2, 0) is 14.8 Å². The number of ether oxygens (including phenoxy) is 1. The van der Waals surface area contributed by atoms with Crippen LogP contribution in [-0.4, -0.2) is 26.4 Å². The summed E-state index contributed by atoms with van der Waals surface area (Å²) in [6.45, 7) is 0. The third kappa shape index (κ3) is 2.87. The number of hydrogen-bond donors (Lipinski definition) is 0. The van der Waals surface area contributed by atoms with Crippen molar-refractivity contribution in [2.45, 2.75) is 44.3 Å². The number of hydrogen-bond acceptors (Lipinski definition) is 3. The molecular weight excluding hydrogens is 230 g/mol. The van der Waals surface area contributed by atoms with Crippen molar-refractivity contribution in [2.75, 3.05) is 5.75 Å². The highest BCUT2D eigenvalue weighted by atomic mass is 32.2. The number of epoxide rings is 1. The Morgan fingerprint density at radius 1 is 1.31 bits per heavy atom. The van der Waals surface area contributed by atoms with Gasteiger partial charge >= 0.3 is 0 Å². The Bertz CT molecular complexity index is 396. The molecule has 1 saturated heterocycles. The Hall–Kier alpha value is -0.780. The van der Waals surface area contributed by atoms with Gasteiger partial charge in [-0.25, -0.2) is 8.42 Å². The van der Waals surface area contributed by atoms with Gasteiger partial charge in [0.2, 0.25) is 10.0 Å². The normalized spacial score (nSPS) is 30.8. The Morgan fingerprint density at radius 2 is 2.00 bits per heavy atom. The zero-order chi connectivity index (χ0) is 11.6. The van der Waals surface area contributed by atoms with Crippen molar-refractivity contribution < 1.29 is 13.2 Å². The van der Waals surface area contributed by atoms with Gasteiger partial charge in [-0.05, 0) is 24.3 Å². The highest BCUT2D eigenvalue weighted by Crippen LogP contribution is 2.38. The lowest BCUT2D eigenvalue weighted by molar-refractivity contribution is 0.263. The van der Waals surface area contributed by atoms with Crippen LogP contribution in [0.15, 0.2) is 4.52 Å². The van der Waals surface area contributed by atoms with Gasteiger partial charge in [0.15, 0.2) is 0 Å². The molecular formula is C9H15N3O3S. The van der Waals surface area contributed by atoms with Gasteiger partial charge in [-0.2, -0.15) is 0 Å². The molecule has 1 heterocycles. The van der Waals surface area contributed by atoms with Gasteiger partial charge < -0.3 is 4.74 Å². The molecule has 0 radical (unpaired) electrons. The quantitative estimate of drug-likeness (QED) is 0.328. The minimum Gasteiger partial charge on any atom is -0.368 e. The van der Waals surface area contributed by atoms with E-state index in [0.29, 0.717) is 5.92 Å². The van der Waals surface area contributed by atoms with Crippen molar-refractivity contribution in [1.29, 1.82) is 0 Å². The van der Waals surface area contributed by atoms with E-state index in [2.05, 4.69) is 9.43 Å². The Labute approximate surface area is 94.7 Å². The van der Waals surface area contributed by atoms with E-state index in [1.165, 1.54) is 19.3 Å². The van der Waals surface area contributed by atoms with E-state index in [1.54, 1.807) is 0 Å². The smallest absolute Gasteiger partial charge is 0.238 e. The average Bonchev–Trinajstić information content (AvgIpc) is 2.97. The fourth-order valence-electron chi connectivity index (χ4n) is 2.46. The van der Waals surface area contributed by atoms with E-state index in [9.17, 15) is 8.42 Å². The molecule has 0 amide bonds. The van der Waals surface area contributed by atoms with Gasteiger partial charge in [0, 0.05) is 9.43 Å². The number of sulfonamides is 1. The van der Waals surface area contributed by atoms with E-state index >= 15 is 0 Å². The van der Waals surface area contributed by atoms with Crippen LogP contribution in [0, 0.1) is 5.92 Å². The summed E-state index contributed by atoms with van der Waals surface area (Å²) in [5, 5.41) is 0. The van der Waals surface area contributed by atoms with Gasteiger partial charge in [0.1, 0.15) is 0 Å². The summed E-state index contributed by atoms with van der Waals surface area (Å²) >= 11 is 0. The van der Waals surface area contributed by atoms with Crippen LogP contribution < -0.4 is 0 Å². The molecule has 0 aromatic rings. The number of azide groups is 1. The van der Waals surface area contributed by atoms with Gasteiger partial charge in [-0.3, -0.25) is 0 Å². The molecule has 2 fully saturated rings. The largest absolute Gasteiger partial charge is 0.368 e. The molecule has 0 spiro atoms. The summed E-state index contributed by atoms with van der Waals surface area (Å²) in [6.07, 6.45) is 5.76. The monoisotopic (exact) mass is 245 g/mol. The first-order valence-electron chi connectivity index (χ1n) is 5.57. The minimum atomic E-state index is -3.66. The van der Waals surface area contributed by atoms with Gasteiger partial charge in [-0.15, -0.1) is 0 Å². The Balaban J connectivity index is 1.85. The van der Waals surface area contributed by atoms with E-state index in [0.717, 1.165) is 12.8 Å². The lowest BCUT2D eigenvalue weighted by atomic mass is 9.86. The lowest BCUT2D eigenvalue weighted by Crippen LogP contribution is -2.18. The molecule has 2 atom stereocenters. The maximum atomic E-state index is 11.2. The molecule has 0 bridgehead atoms. The van der Waals surface area contributed by atoms with Crippen molar-refractivity contribution in [2.24, 2.45) is 10.4 Å². The summed E-state index contributed by atoms with van der Waals surface area (Å²) in [5.41, 5.74) is 8.09. The third-order valence-corrected chi connectivity index (χ3v) is 4.34. The first kappa shape index (κ1) is 11.7. The van der Waals surface area contributed by atoms with Gasteiger partial charge in [-0.1, -0.05) is 19.3 Å². The maximum Gasteiger partial charge on any atom is 0.238 e. The molecule has 90 valence electrons. The minimum absolute atomic E-state index is 0.0731. The molecule has 2 aliphatic rings. The number of rotatable bonds is 4. The average molecular weight is 245 g/mol. The molecule has 1 aliphatic carbocycles. The van der Waals surface area contributed by atoms with Crippen LogP contribution in [0.3, 0.4) is 0 Å². The van der Waals surface area contributed by atoms with Crippen LogP contribution in [0.25, 0.3) is 10.4 Å². The molecule has 0 N–H and O–H groups in total. The Morgan fingerprint density at radius 3 is 2.62 bits per heavy atom. The molecule has 0 aromatic carbocycles. The van der Waals surface area contributed by atoms with Crippen LogP contribution in [0.2, 0.25) is 0 Å². The third-order valence-electron chi connectivity index (χ3n) is 3.27. The first-order valence-corrected chi connectivity index (χ1v) is 7.18. The zero-order valence-electron chi connectivity index (χ0n) is 8.95. The summed E-state index contributed by atoms with van der Waals surface area (Å²) < 4.78 is 30.6. The van der Waals surface area contributed by atoms with Crippen molar-refractivity contribution in [3.8, 4) is 0 Å². The Kier molecular flexibility index (Phi) is 3.37. The van der Waals surface area contributed by atoms with Crippen molar-refractivity contribution in [3.63, 3.8) is 0 Å². The molecule has 6 nitrogen and oxygen atoms in total. The summed E-state index contributed by atoms with van der Waals surface area (Å²) in [7, 11) is -3.66. The topological polar surface area (TPSA) is 95.4 Å². The molecule has 1 aliphatic heterocycles. The number of nitrogens with zero attached hydrogens (tertiary/aromatic N) is 3. The summed E-state index contributed by atoms with van der Waals surface area (Å²) in [6, 6.07) is 0. The second kappa shape index (κ2) is 4.61. The van der Waals surface area contributed by atoms with Crippen LogP contribution in [0.4, 0.5) is 0 Å².